The number of aryl methyl sites for hydroxylation is 3. The highest BCUT2D eigenvalue weighted by Crippen LogP contribution is 2.42. The Labute approximate surface area is 276 Å². The highest BCUT2D eigenvalue weighted by molar-refractivity contribution is 6.30. The van der Waals surface area contributed by atoms with Crippen molar-refractivity contribution in [3.63, 3.8) is 0 Å². The minimum atomic E-state index is -2.10. The van der Waals surface area contributed by atoms with Gasteiger partial charge in [0.05, 0.1) is 24.8 Å². The molecule has 4 aromatic rings. The molecule has 2 heterocycles. The third kappa shape index (κ3) is 6.12. The number of nitrogens with zero attached hydrogens (tertiary/aromatic N) is 1. The molecule has 1 saturated heterocycles. The number of aliphatic hydroxyl groups is 4. The topological polar surface area (TPSA) is 202 Å². The summed E-state index contributed by atoms with van der Waals surface area (Å²) in [4.78, 5) is 31.8. The summed E-state index contributed by atoms with van der Waals surface area (Å²) in [5, 5.41) is 54.9. The molecular weight excluding hydrogens is 620 g/mol. The Balaban J connectivity index is 1.28. The average Bonchev–Trinajstić information content (AvgIpc) is 3.09. The summed E-state index contributed by atoms with van der Waals surface area (Å²) in [5.41, 5.74) is 5.65. The number of aromatic nitrogens is 1. The van der Waals surface area contributed by atoms with Crippen molar-refractivity contribution < 1.29 is 49.3 Å². The average molecular weight is 657 g/mol. The van der Waals surface area contributed by atoms with Crippen molar-refractivity contribution in [1.29, 1.82) is 0 Å². The van der Waals surface area contributed by atoms with E-state index in [-0.39, 0.29) is 58.2 Å². The standard InChI is InChI=1S/C36H36N2O10/c1-46-22-16-24-30(32(42)29-23(31(24)41)13-21(14-25(29)40)8-7-19-5-3-2-4-6-19)26(17-22)47-35-33(43)34(44)36(45,27(18-39)48-35)11-9-20-10-12-38-28(37)15-20/h2-6,10,12-17,27,33-35,39-40,43-45H,7-9,11,18H2,1H3,(H2,37,38)/t27-,33-,34-,35-,36-/m1/s1. The van der Waals surface area contributed by atoms with Crippen LogP contribution in [0.5, 0.6) is 17.2 Å². The molecule has 3 aromatic carbocycles. The Morgan fingerprint density at radius 2 is 1.62 bits per heavy atom. The van der Waals surface area contributed by atoms with Crippen molar-refractivity contribution >= 4 is 17.4 Å². The van der Waals surface area contributed by atoms with Gasteiger partial charge in [-0.2, -0.15) is 0 Å². The molecule has 1 aliphatic heterocycles. The third-order valence-electron chi connectivity index (χ3n) is 9.02. The van der Waals surface area contributed by atoms with Gasteiger partial charge in [0, 0.05) is 23.4 Å². The molecule has 12 heteroatoms. The predicted molar refractivity (Wildman–Crippen MR) is 172 cm³/mol. The number of pyridine rings is 1. The molecule has 7 N–H and O–H groups in total. The number of hydrogen-bond acceptors (Lipinski definition) is 12. The summed E-state index contributed by atoms with van der Waals surface area (Å²) in [5.74, 6) is -1.44. The van der Waals surface area contributed by atoms with Crippen LogP contribution in [0, 0.1) is 0 Å². The maximum atomic E-state index is 14.0. The van der Waals surface area contributed by atoms with Gasteiger partial charge in [0.15, 0.2) is 5.78 Å². The SMILES string of the molecule is COc1cc(O[C@@H]2O[C@H](CO)[C@](O)(CCc3ccnc(N)c3)[C@H](O)[C@H]2O)c2c(c1)C(=O)c1cc(CCc3ccccc3)cc(O)c1C2=O. The molecule has 1 fully saturated rings. The Hall–Kier alpha value is -4.85. The predicted octanol–water partition coefficient (Wildman–Crippen LogP) is 2.12. The van der Waals surface area contributed by atoms with Crippen LogP contribution in [0.25, 0.3) is 0 Å². The van der Waals surface area contributed by atoms with E-state index in [2.05, 4.69) is 4.98 Å². The van der Waals surface area contributed by atoms with Gasteiger partial charge < -0.3 is 45.5 Å². The molecule has 6 rings (SSSR count). The van der Waals surface area contributed by atoms with E-state index in [1.54, 1.807) is 18.2 Å². The van der Waals surface area contributed by atoms with Gasteiger partial charge in [-0.3, -0.25) is 9.59 Å². The molecule has 0 bridgehead atoms. The van der Waals surface area contributed by atoms with Crippen molar-refractivity contribution in [3.05, 3.63) is 112 Å². The van der Waals surface area contributed by atoms with Crippen molar-refractivity contribution in [2.24, 2.45) is 0 Å². The van der Waals surface area contributed by atoms with E-state index >= 15 is 0 Å². The number of carbonyl (C=O) groups is 2. The van der Waals surface area contributed by atoms with Gasteiger partial charge in [-0.05, 0) is 72.7 Å². The summed E-state index contributed by atoms with van der Waals surface area (Å²) in [6, 6.07) is 18.7. The van der Waals surface area contributed by atoms with Crippen molar-refractivity contribution in [2.45, 2.75) is 55.9 Å². The van der Waals surface area contributed by atoms with Gasteiger partial charge in [0.1, 0.15) is 47.0 Å². The van der Waals surface area contributed by atoms with E-state index in [4.69, 9.17) is 19.9 Å². The number of anilines is 1. The molecule has 12 nitrogen and oxygen atoms in total. The monoisotopic (exact) mass is 656 g/mol. The fourth-order valence-electron chi connectivity index (χ4n) is 6.39. The normalized spacial score (nSPS) is 23.4. The molecule has 2 aliphatic rings. The highest BCUT2D eigenvalue weighted by atomic mass is 16.7. The zero-order valence-electron chi connectivity index (χ0n) is 26.1. The van der Waals surface area contributed by atoms with E-state index in [0.29, 0.717) is 24.0 Å². The van der Waals surface area contributed by atoms with Gasteiger partial charge in [-0.15, -0.1) is 0 Å². The number of rotatable bonds is 10. The van der Waals surface area contributed by atoms with Crippen LogP contribution in [-0.2, 0) is 24.0 Å². The smallest absolute Gasteiger partial charge is 0.229 e. The van der Waals surface area contributed by atoms with Crippen molar-refractivity contribution in [1.82, 2.24) is 4.98 Å². The lowest BCUT2D eigenvalue weighted by atomic mass is 9.80. The van der Waals surface area contributed by atoms with Gasteiger partial charge in [0.25, 0.3) is 0 Å². The van der Waals surface area contributed by atoms with Crippen LogP contribution >= 0.6 is 0 Å². The lowest BCUT2D eigenvalue weighted by Gasteiger charge is -2.47. The van der Waals surface area contributed by atoms with Crippen molar-refractivity contribution in [2.75, 3.05) is 19.5 Å². The maximum absolute atomic E-state index is 14.0. The quantitative estimate of drug-likeness (QED) is 0.128. The first-order valence-electron chi connectivity index (χ1n) is 15.5. The first-order chi connectivity index (χ1) is 23.0. The molecule has 0 radical (unpaired) electrons. The van der Waals surface area contributed by atoms with Gasteiger partial charge in [-0.25, -0.2) is 4.98 Å². The number of phenolic OH excluding ortho intramolecular Hbond substituents is 1. The van der Waals surface area contributed by atoms with Crippen LogP contribution in [-0.4, -0.2) is 86.0 Å². The van der Waals surface area contributed by atoms with Gasteiger partial charge >= 0.3 is 0 Å². The van der Waals surface area contributed by atoms with Crippen LogP contribution in [0.1, 0.15) is 55.0 Å². The number of aromatic hydroxyl groups is 1. The number of nitrogen functional groups attached to an aromatic ring is 1. The van der Waals surface area contributed by atoms with E-state index in [1.165, 1.54) is 31.5 Å². The summed E-state index contributed by atoms with van der Waals surface area (Å²) >= 11 is 0. The summed E-state index contributed by atoms with van der Waals surface area (Å²) in [6.07, 6.45) is -4.08. The lowest BCUT2D eigenvalue weighted by molar-refractivity contribution is -0.314. The molecule has 0 spiro atoms. The summed E-state index contributed by atoms with van der Waals surface area (Å²) in [7, 11) is 1.36. The molecule has 0 saturated carbocycles. The van der Waals surface area contributed by atoms with Crippen molar-refractivity contribution in [3.8, 4) is 17.2 Å². The fraction of sp³-hybridized carbons (Fsp3) is 0.306. The fourth-order valence-corrected chi connectivity index (χ4v) is 6.39. The maximum Gasteiger partial charge on any atom is 0.229 e. The third-order valence-corrected chi connectivity index (χ3v) is 9.02. The molecule has 0 unspecified atom stereocenters. The molecule has 5 atom stereocenters. The summed E-state index contributed by atoms with van der Waals surface area (Å²) < 4.78 is 17.1. The van der Waals surface area contributed by atoms with Crippen LogP contribution in [0.2, 0.25) is 0 Å². The number of carbonyl (C=O) groups excluding carboxylic acids is 2. The summed E-state index contributed by atoms with van der Waals surface area (Å²) in [6.45, 7) is -0.750. The number of ether oxygens (including phenoxy) is 3. The zero-order chi connectivity index (χ0) is 34.2. The van der Waals surface area contributed by atoms with E-state index in [1.807, 2.05) is 30.3 Å². The van der Waals surface area contributed by atoms with E-state index in [9.17, 15) is 35.1 Å². The molecule has 1 aliphatic carbocycles. The number of benzene rings is 3. The highest BCUT2D eigenvalue weighted by Gasteiger charge is 2.55. The molecule has 1 aromatic heterocycles. The number of aliphatic hydroxyl groups excluding tert-OH is 3. The number of phenols is 1. The molecule has 250 valence electrons. The largest absolute Gasteiger partial charge is 0.507 e. The number of fused-ring (bicyclic) bond motifs is 2. The second kappa shape index (κ2) is 13.3. The Kier molecular flexibility index (Phi) is 9.19. The minimum Gasteiger partial charge on any atom is -0.507 e. The number of hydrogen-bond donors (Lipinski definition) is 6. The first-order valence-corrected chi connectivity index (χ1v) is 15.5. The molecule has 48 heavy (non-hydrogen) atoms. The number of ketones is 2. The lowest BCUT2D eigenvalue weighted by Crippen LogP contribution is -2.68. The van der Waals surface area contributed by atoms with E-state index in [0.717, 1.165) is 5.56 Å². The van der Waals surface area contributed by atoms with Crippen LogP contribution in [0.4, 0.5) is 5.82 Å². The zero-order valence-corrected chi connectivity index (χ0v) is 26.1. The Morgan fingerprint density at radius 1 is 0.896 bits per heavy atom. The number of methoxy groups -OCH3 is 1. The Morgan fingerprint density at radius 3 is 2.33 bits per heavy atom. The van der Waals surface area contributed by atoms with Gasteiger partial charge in [0.2, 0.25) is 12.1 Å². The molecular formula is C36H36N2O10. The Bertz CT molecular complexity index is 1840. The van der Waals surface area contributed by atoms with Crippen LogP contribution in [0.15, 0.2) is 72.9 Å². The molecule has 0 amide bonds. The second-order valence-corrected chi connectivity index (χ2v) is 12.0. The van der Waals surface area contributed by atoms with Crippen LogP contribution in [0.3, 0.4) is 0 Å². The second-order valence-electron chi connectivity index (χ2n) is 12.0. The minimum absolute atomic E-state index is 0.0282. The van der Waals surface area contributed by atoms with E-state index < -0.39 is 48.4 Å². The number of nitrogens with two attached hydrogens (primary N) is 1. The first kappa shape index (κ1) is 33.1. The van der Waals surface area contributed by atoms with Gasteiger partial charge in [-0.1, -0.05) is 30.3 Å². The van der Waals surface area contributed by atoms with Crippen LogP contribution < -0.4 is 15.2 Å².